The fourth-order valence-corrected chi connectivity index (χ4v) is 2.06. The zero-order valence-electron chi connectivity index (χ0n) is 10.5. The van der Waals surface area contributed by atoms with Gasteiger partial charge in [0.05, 0.1) is 0 Å². The van der Waals surface area contributed by atoms with Crippen molar-refractivity contribution in [3.05, 3.63) is 39.6 Å². The van der Waals surface area contributed by atoms with Gasteiger partial charge in [0.1, 0.15) is 16.9 Å². The summed E-state index contributed by atoms with van der Waals surface area (Å²) in [7, 11) is 0. The maximum Gasteiger partial charge on any atom is 0.319 e. The van der Waals surface area contributed by atoms with Gasteiger partial charge in [0, 0.05) is 5.56 Å². The van der Waals surface area contributed by atoms with Crippen LogP contribution in [0.3, 0.4) is 0 Å². The molecule has 7 heteroatoms. The molecule has 0 N–H and O–H groups in total. The lowest BCUT2D eigenvalue weighted by molar-refractivity contribution is 0.174. The molecule has 3 rings (SSSR count). The van der Waals surface area contributed by atoms with E-state index in [1.54, 1.807) is 6.92 Å². The van der Waals surface area contributed by atoms with Crippen LogP contribution in [0.4, 0.5) is 0 Å². The van der Waals surface area contributed by atoms with Gasteiger partial charge in [-0.15, -0.1) is 0 Å². The number of rotatable bonds is 3. The second-order valence-corrected chi connectivity index (χ2v) is 4.91. The zero-order valence-corrected chi connectivity index (χ0v) is 12.0. The number of fused-ring (bicyclic) bond motifs is 1. The van der Waals surface area contributed by atoms with Crippen LogP contribution in [0.2, 0.25) is 10.3 Å². The summed E-state index contributed by atoms with van der Waals surface area (Å²) in [5, 5.41) is 0.566. The van der Waals surface area contributed by atoms with Crippen LogP contribution in [0.5, 0.6) is 17.5 Å². The average Bonchev–Trinajstić information content (AvgIpc) is 2.89. The predicted octanol–water partition coefficient (Wildman–Crippen LogP) is 3.40. The summed E-state index contributed by atoms with van der Waals surface area (Å²) >= 11 is 11.9. The van der Waals surface area contributed by atoms with E-state index in [1.807, 2.05) is 18.2 Å². The second kappa shape index (κ2) is 5.34. The van der Waals surface area contributed by atoms with Crippen LogP contribution in [0.15, 0.2) is 18.2 Å². The van der Waals surface area contributed by atoms with Crippen LogP contribution in [0.25, 0.3) is 0 Å². The van der Waals surface area contributed by atoms with Crippen LogP contribution in [0.1, 0.15) is 11.1 Å². The summed E-state index contributed by atoms with van der Waals surface area (Å²) in [5.74, 6) is 1.43. The van der Waals surface area contributed by atoms with Crippen molar-refractivity contribution in [1.29, 1.82) is 0 Å². The van der Waals surface area contributed by atoms with E-state index in [0.717, 1.165) is 11.3 Å². The molecule has 1 aromatic carbocycles. The Hall–Kier alpha value is -1.72. The standard InChI is InChI=1S/C13H10Cl2N2O3/c1-7-11(14)16-13(17-12(7)15)18-5-8-2-3-9-10(4-8)20-6-19-9/h2-4H,5-6H2,1H3. The van der Waals surface area contributed by atoms with E-state index < -0.39 is 0 Å². The molecular formula is C13H10Cl2N2O3. The van der Waals surface area contributed by atoms with Crippen molar-refractivity contribution in [2.45, 2.75) is 13.5 Å². The smallest absolute Gasteiger partial charge is 0.319 e. The molecule has 2 aromatic rings. The fourth-order valence-electron chi connectivity index (χ4n) is 1.69. The molecule has 1 aromatic heterocycles. The van der Waals surface area contributed by atoms with Crippen molar-refractivity contribution in [2.24, 2.45) is 0 Å². The van der Waals surface area contributed by atoms with E-state index in [2.05, 4.69) is 9.97 Å². The van der Waals surface area contributed by atoms with Crippen molar-refractivity contribution in [3.63, 3.8) is 0 Å². The van der Waals surface area contributed by atoms with Crippen molar-refractivity contribution in [2.75, 3.05) is 6.79 Å². The molecule has 0 saturated carbocycles. The number of nitrogens with zero attached hydrogens (tertiary/aromatic N) is 2. The minimum atomic E-state index is 0.142. The minimum Gasteiger partial charge on any atom is -0.459 e. The highest BCUT2D eigenvalue weighted by molar-refractivity contribution is 6.34. The normalized spacial score (nSPS) is 12.6. The highest BCUT2D eigenvalue weighted by atomic mass is 35.5. The number of ether oxygens (including phenoxy) is 3. The third kappa shape index (κ3) is 2.59. The number of aromatic nitrogens is 2. The van der Waals surface area contributed by atoms with E-state index in [1.165, 1.54) is 0 Å². The maximum atomic E-state index is 5.93. The van der Waals surface area contributed by atoms with Crippen LogP contribution in [0, 0.1) is 6.92 Å². The van der Waals surface area contributed by atoms with Crippen LogP contribution >= 0.6 is 23.2 Å². The molecule has 0 unspecified atom stereocenters. The van der Waals surface area contributed by atoms with E-state index >= 15 is 0 Å². The van der Waals surface area contributed by atoms with Gasteiger partial charge in [-0.3, -0.25) is 0 Å². The Balaban J connectivity index is 1.73. The van der Waals surface area contributed by atoms with Crippen LogP contribution in [-0.2, 0) is 6.61 Å². The van der Waals surface area contributed by atoms with Crippen LogP contribution < -0.4 is 14.2 Å². The van der Waals surface area contributed by atoms with Crippen molar-refractivity contribution >= 4 is 23.2 Å². The van der Waals surface area contributed by atoms with Crippen molar-refractivity contribution in [1.82, 2.24) is 9.97 Å². The Morgan fingerprint density at radius 3 is 2.60 bits per heavy atom. The predicted molar refractivity (Wildman–Crippen MR) is 73.7 cm³/mol. The fraction of sp³-hybridized carbons (Fsp3) is 0.231. The number of benzene rings is 1. The molecule has 2 heterocycles. The molecule has 5 nitrogen and oxygen atoms in total. The molecule has 0 saturated heterocycles. The van der Waals surface area contributed by atoms with Gasteiger partial charge in [-0.2, -0.15) is 9.97 Å². The Labute approximate surface area is 125 Å². The molecule has 0 radical (unpaired) electrons. The zero-order chi connectivity index (χ0) is 14.1. The van der Waals surface area contributed by atoms with Gasteiger partial charge in [0.25, 0.3) is 0 Å². The molecule has 0 amide bonds. The topological polar surface area (TPSA) is 53.5 Å². The minimum absolute atomic E-state index is 0.142. The molecule has 0 spiro atoms. The van der Waals surface area contributed by atoms with Gasteiger partial charge >= 0.3 is 6.01 Å². The first-order valence-electron chi connectivity index (χ1n) is 5.84. The van der Waals surface area contributed by atoms with Crippen LogP contribution in [-0.4, -0.2) is 16.8 Å². The lowest BCUT2D eigenvalue weighted by Gasteiger charge is -2.07. The summed E-state index contributed by atoms with van der Waals surface area (Å²) in [6.45, 7) is 2.27. The second-order valence-electron chi connectivity index (χ2n) is 4.19. The van der Waals surface area contributed by atoms with Crippen molar-refractivity contribution < 1.29 is 14.2 Å². The Kier molecular flexibility index (Phi) is 3.54. The molecule has 104 valence electrons. The molecular weight excluding hydrogens is 303 g/mol. The number of hydrogen-bond donors (Lipinski definition) is 0. The average molecular weight is 313 g/mol. The molecule has 20 heavy (non-hydrogen) atoms. The Morgan fingerprint density at radius 1 is 1.15 bits per heavy atom. The quantitative estimate of drug-likeness (QED) is 0.813. The van der Waals surface area contributed by atoms with E-state index in [4.69, 9.17) is 37.4 Å². The van der Waals surface area contributed by atoms with Gasteiger partial charge in [-0.1, -0.05) is 29.3 Å². The van der Waals surface area contributed by atoms with E-state index in [-0.39, 0.29) is 29.7 Å². The summed E-state index contributed by atoms with van der Waals surface area (Å²) in [6.07, 6.45) is 0. The molecule has 1 aliphatic rings. The first-order valence-corrected chi connectivity index (χ1v) is 6.60. The van der Waals surface area contributed by atoms with E-state index in [0.29, 0.717) is 11.3 Å². The van der Waals surface area contributed by atoms with E-state index in [9.17, 15) is 0 Å². The lowest BCUT2D eigenvalue weighted by atomic mass is 10.2. The number of halogens is 2. The highest BCUT2D eigenvalue weighted by Crippen LogP contribution is 2.32. The molecule has 0 bridgehead atoms. The first kappa shape index (κ1) is 13.3. The molecule has 1 aliphatic heterocycles. The van der Waals surface area contributed by atoms with Gasteiger partial charge in [0.15, 0.2) is 11.5 Å². The summed E-state index contributed by atoms with van der Waals surface area (Å²) in [5.41, 5.74) is 1.54. The first-order chi connectivity index (χ1) is 9.63. The summed E-state index contributed by atoms with van der Waals surface area (Å²) in [4.78, 5) is 8.03. The third-order valence-electron chi connectivity index (χ3n) is 2.81. The monoisotopic (exact) mass is 312 g/mol. The highest BCUT2D eigenvalue weighted by Gasteiger charge is 2.14. The molecule has 0 fully saturated rings. The lowest BCUT2D eigenvalue weighted by Crippen LogP contribution is -2.01. The summed E-state index contributed by atoms with van der Waals surface area (Å²) in [6, 6.07) is 5.70. The largest absolute Gasteiger partial charge is 0.459 e. The molecule has 0 aliphatic carbocycles. The van der Waals surface area contributed by atoms with Gasteiger partial charge in [0.2, 0.25) is 6.79 Å². The molecule has 0 atom stereocenters. The SMILES string of the molecule is Cc1c(Cl)nc(OCc2ccc3c(c2)OCO3)nc1Cl. The Bertz CT molecular complexity index is 641. The third-order valence-corrected chi connectivity index (χ3v) is 3.55. The summed E-state index contributed by atoms with van der Waals surface area (Å²) < 4.78 is 16.0. The van der Waals surface area contributed by atoms with Gasteiger partial charge < -0.3 is 14.2 Å². The van der Waals surface area contributed by atoms with Crippen molar-refractivity contribution in [3.8, 4) is 17.5 Å². The van der Waals surface area contributed by atoms with Gasteiger partial charge in [-0.05, 0) is 24.6 Å². The maximum absolute atomic E-state index is 5.93. The Morgan fingerprint density at radius 2 is 1.85 bits per heavy atom. The number of hydrogen-bond acceptors (Lipinski definition) is 5. The van der Waals surface area contributed by atoms with Gasteiger partial charge in [-0.25, -0.2) is 0 Å².